The monoisotopic (exact) mass is 481 g/mol. The SMILES string of the molecule is CC(CCc1ccccc1)N1C(=O)c2ccccc2C1Nc1ccc(C(=O)NC2CCCCC2)cc1. The standard InChI is InChI=1S/C31H35N3O2/c1-22(16-17-23-10-4-2-5-11-23)34-29(27-14-8-9-15-28(27)31(34)36)32-26-20-18-24(19-21-26)30(35)33-25-12-6-3-7-13-25/h2,4-5,8-11,14-15,18-22,25,29,32H,3,6-7,12-13,16-17H2,1H3,(H,33,35). The quantitative estimate of drug-likeness (QED) is 0.395. The highest BCUT2D eigenvalue weighted by Gasteiger charge is 2.39. The Bertz CT molecular complexity index is 1190. The molecular formula is C31H35N3O2. The van der Waals surface area contributed by atoms with E-state index in [9.17, 15) is 9.59 Å². The average molecular weight is 482 g/mol. The van der Waals surface area contributed by atoms with Crippen LogP contribution in [0.25, 0.3) is 0 Å². The first kappa shape index (κ1) is 24.1. The first-order valence-corrected chi connectivity index (χ1v) is 13.2. The van der Waals surface area contributed by atoms with Crippen LogP contribution in [0.15, 0.2) is 78.9 Å². The number of aryl methyl sites for hydroxylation is 1. The van der Waals surface area contributed by atoms with Gasteiger partial charge < -0.3 is 15.5 Å². The Morgan fingerprint density at radius 1 is 0.917 bits per heavy atom. The number of hydrogen-bond acceptors (Lipinski definition) is 3. The van der Waals surface area contributed by atoms with Crippen LogP contribution in [-0.4, -0.2) is 28.8 Å². The van der Waals surface area contributed by atoms with Crippen molar-refractivity contribution >= 4 is 17.5 Å². The molecule has 1 heterocycles. The minimum Gasteiger partial charge on any atom is -0.361 e. The maximum Gasteiger partial charge on any atom is 0.256 e. The minimum atomic E-state index is -0.249. The Kier molecular flexibility index (Phi) is 7.36. The number of hydrogen-bond donors (Lipinski definition) is 2. The van der Waals surface area contributed by atoms with Gasteiger partial charge in [0.15, 0.2) is 0 Å². The van der Waals surface area contributed by atoms with Crippen molar-refractivity contribution in [3.8, 4) is 0 Å². The molecule has 2 amide bonds. The summed E-state index contributed by atoms with van der Waals surface area (Å²) in [5.41, 5.74) is 4.58. The second-order valence-electron chi connectivity index (χ2n) is 10.1. The number of amides is 2. The largest absolute Gasteiger partial charge is 0.361 e. The number of carbonyl (C=O) groups is 2. The number of carbonyl (C=O) groups excluding carboxylic acids is 2. The van der Waals surface area contributed by atoms with Crippen LogP contribution in [-0.2, 0) is 6.42 Å². The van der Waals surface area contributed by atoms with E-state index in [-0.39, 0.29) is 30.1 Å². The number of anilines is 1. The van der Waals surface area contributed by atoms with Crippen LogP contribution < -0.4 is 10.6 Å². The molecule has 1 fully saturated rings. The van der Waals surface area contributed by atoms with E-state index in [2.05, 4.69) is 41.8 Å². The Morgan fingerprint density at radius 3 is 2.36 bits per heavy atom. The van der Waals surface area contributed by atoms with Gasteiger partial charge in [0.1, 0.15) is 6.17 Å². The molecule has 5 heteroatoms. The number of nitrogens with zero attached hydrogens (tertiary/aromatic N) is 1. The van der Waals surface area contributed by atoms with Gasteiger partial charge in [-0.1, -0.05) is 67.8 Å². The van der Waals surface area contributed by atoms with Gasteiger partial charge in [-0.3, -0.25) is 9.59 Å². The van der Waals surface area contributed by atoms with Crippen molar-refractivity contribution in [2.75, 3.05) is 5.32 Å². The summed E-state index contributed by atoms with van der Waals surface area (Å²) in [6.45, 7) is 2.13. The number of benzene rings is 3. The lowest BCUT2D eigenvalue weighted by Crippen LogP contribution is -2.39. The van der Waals surface area contributed by atoms with Gasteiger partial charge in [0.05, 0.1) is 0 Å². The molecule has 2 N–H and O–H groups in total. The lowest BCUT2D eigenvalue weighted by molar-refractivity contribution is 0.0659. The fourth-order valence-corrected chi connectivity index (χ4v) is 5.49. The molecule has 1 aliphatic carbocycles. The summed E-state index contributed by atoms with van der Waals surface area (Å²) < 4.78 is 0. The highest BCUT2D eigenvalue weighted by Crippen LogP contribution is 2.36. The van der Waals surface area contributed by atoms with Crippen molar-refractivity contribution < 1.29 is 9.59 Å². The van der Waals surface area contributed by atoms with Gasteiger partial charge in [-0.15, -0.1) is 0 Å². The lowest BCUT2D eigenvalue weighted by atomic mass is 9.95. The Hall–Kier alpha value is -3.60. The fourth-order valence-electron chi connectivity index (χ4n) is 5.49. The van der Waals surface area contributed by atoms with Crippen LogP contribution in [0, 0.1) is 0 Å². The van der Waals surface area contributed by atoms with Crippen LogP contribution >= 0.6 is 0 Å². The third kappa shape index (κ3) is 5.30. The van der Waals surface area contributed by atoms with Crippen molar-refractivity contribution in [3.63, 3.8) is 0 Å². The first-order valence-electron chi connectivity index (χ1n) is 13.2. The zero-order chi connectivity index (χ0) is 24.9. The molecule has 5 nitrogen and oxygen atoms in total. The van der Waals surface area contributed by atoms with Crippen LogP contribution in [0.2, 0.25) is 0 Å². The smallest absolute Gasteiger partial charge is 0.256 e. The summed E-state index contributed by atoms with van der Waals surface area (Å²) in [5.74, 6) is 0.0538. The summed E-state index contributed by atoms with van der Waals surface area (Å²) in [6.07, 6.45) is 7.33. The molecule has 1 aliphatic heterocycles. The van der Waals surface area contributed by atoms with Gasteiger partial charge in [0.25, 0.3) is 11.8 Å². The molecule has 2 unspecified atom stereocenters. The Balaban J connectivity index is 1.29. The van der Waals surface area contributed by atoms with Crippen molar-refractivity contribution in [1.82, 2.24) is 10.2 Å². The van der Waals surface area contributed by atoms with E-state index in [1.165, 1.54) is 24.8 Å². The molecule has 186 valence electrons. The summed E-state index contributed by atoms with van der Waals surface area (Å²) >= 11 is 0. The third-order valence-corrected chi connectivity index (χ3v) is 7.56. The summed E-state index contributed by atoms with van der Waals surface area (Å²) in [6, 6.07) is 26.2. The van der Waals surface area contributed by atoms with E-state index in [0.29, 0.717) is 5.56 Å². The Morgan fingerprint density at radius 2 is 1.61 bits per heavy atom. The molecule has 0 aromatic heterocycles. The van der Waals surface area contributed by atoms with E-state index in [1.807, 2.05) is 59.5 Å². The predicted molar refractivity (Wildman–Crippen MR) is 144 cm³/mol. The molecule has 2 atom stereocenters. The highest BCUT2D eigenvalue weighted by molar-refractivity contribution is 6.00. The fraction of sp³-hybridized carbons (Fsp3) is 0.355. The first-order chi connectivity index (χ1) is 17.6. The second kappa shape index (κ2) is 11.0. The summed E-state index contributed by atoms with van der Waals surface area (Å²) in [5, 5.41) is 6.76. The van der Waals surface area contributed by atoms with Crippen LogP contribution in [0.5, 0.6) is 0 Å². The van der Waals surface area contributed by atoms with Gasteiger partial charge in [-0.05, 0) is 68.5 Å². The third-order valence-electron chi connectivity index (χ3n) is 7.56. The highest BCUT2D eigenvalue weighted by atomic mass is 16.2. The topological polar surface area (TPSA) is 61.4 Å². The zero-order valence-electron chi connectivity index (χ0n) is 21.0. The molecule has 3 aromatic carbocycles. The molecule has 0 saturated heterocycles. The van der Waals surface area contributed by atoms with Crippen molar-refractivity contribution in [2.24, 2.45) is 0 Å². The molecule has 3 aromatic rings. The molecule has 5 rings (SSSR count). The predicted octanol–water partition coefficient (Wildman–Crippen LogP) is 6.34. The van der Waals surface area contributed by atoms with Crippen LogP contribution in [0.4, 0.5) is 5.69 Å². The molecular weight excluding hydrogens is 446 g/mol. The molecule has 0 spiro atoms. The maximum absolute atomic E-state index is 13.4. The average Bonchev–Trinajstić information content (AvgIpc) is 3.20. The van der Waals surface area contributed by atoms with E-state index < -0.39 is 0 Å². The second-order valence-corrected chi connectivity index (χ2v) is 10.1. The molecule has 2 aliphatic rings. The van der Waals surface area contributed by atoms with Gasteiger partial charge in [0, 0.05) is 34.5 Å². The maximum atomic E-state index is 13.4. The van der Waals surface area contributed by atoms with E-state index >= 15 is 0 Å². The normalized spacial score (nSPS) is 18.5. The van der Waals surface area contributed by atoms with E-state index in [1.54, 1.807) is 0 Å². The lowest BCUT2D eigenvalue weighted by Gasteiger charge is -2.32. The van der Waals surface area contributed by atoms with Crippen molar-refractivity contribution in [1.29, 1.82) is 0 Å². The molecule has 1 saturated carbocycles. The van der Waals surface area contributed by atoms with Crippen molar-refractivity contribution in [2.45, 2.75) is 70.1 Å². The van der Waals surface area contributed by atoms with Crippen molar-refractivity contribution in [3.05, 3.63) is 101 Å². The molecule has 0 bridgehead atoms. The summed E-state index contributed by atoms with van der Waals surface area (Å²) in [7, 11) is 0. The van der Waals surface area contributed by atoms with Gasteiger partial charge in [0.2, 0.25) is 0 Å². The number of rotatable bonds is 8. The number of nitrogens with one attached hydrogen (secondary N) is 2. The van der Waals surface area contributed by atoms with Gasteiger partial charge in [-0.25, -0.2) is 0 Å². The molecule has 36 heavy (non-hydrogen) atoms. The Labute approximate surface area is 213 Å². The summed E-state index contributed by atoms with van der Waals surface area (Å²) in [4.78, 5) is 28.1. The van der Waals surface area contributed by atoms with E-state index in [0.717, 1.165) is 42.5 Å². The minimum absolute atomic E-state index is 0.00833. The number of fused-ring (bicyclic) bond motifs is 1. The van der Waals surface area contributed by atoms with E-state index in [4.69, 9.17) is 0 Å². The van der Waals surface area contributed by atoms with Crippen LogP contribution in [0.1, 0.15) is 83.5 Å². The van der Waals surface area contributed by atoms with Gasteiger partial charge in [-0.2, -0.15) is 0 Å². The van der Waals surface area contributed by atoms with Gasteiger partial charge >= 0.3 is 0 Å². The molecule has 0 radical (unpaired) electrons. The zero-order valence-corrected chi connectivity index (χ0v) is 21.0. The van der Waals surface area contributed by atoms with Crippen LogP contribution in [0.3, 0.4) is 0 Å².